The number of esters is 2. The minimum Gasteiger partial charge on any atom is -0.463 e. The van der Waals surface area contributed by atoms with Crippen molar-refractivity contribution in [1.29, 1.82) is 0 Å². The topological polar surface area (TPSA) is 81.7 Å². The molecule has 1 N–H and O–H groups in total. The van der Waals surface area contributed by atoms with Crippen LogP contribution >= 0.6 is 0 Å². The Hall–Kier alpha value is -1.59. The molecular weight excluding hydrogens is 586 g/mol. The number of nitrogens with one attached hydrogen (secondary N) is 1. The van der Waals surface area contributed by atoms with Gasteiger partial charge in [0.2, 0.25) is 5.91 Å². The van der Waals surface area contributed by atoms with Crippen LogP contribution in [0, 0.1) is 0 Å². The maximum absolute atomic E-state index is 12.9. The van der Waals surface area contributed by atoms with E-state index in [1.807, 2.05) is 0 Å². The van der Waals surface area contributed by atoms with Gasteiger partial charge in [0.1, 0.15) is 6.04 Å². The first kappa shape index (κ1) is 43.4. The Bertz CT molecular complexity index is 741. The van der Waals surface area contributed by atoms with E-state index in [4.69, 9.17) is 9.47 Å². The fourth-order valence-corrected chi connectivity index (χ4v) is 6.68. The average Bonchev–Trinajstić information content (AvgIpc) is 3.51. The van der Waals surface area contributed by atoms with Crippen molar-refractivity contribution in [3.05, 3.63) is 0 Å². The highest BCUT2D eigenvalue weighted by Crippen LogP contribution is 2.18. The molecule has 1 unspecified atom stereocenters. The van der Waals surface area contributed by atoms with Crippen LogP contribution in [-0.2, 0) is 23.9 Å². The van der Waals surface area contributed by atoms with E-state index in [0.717, 1.165) is 32.1 Å². The van der Waals surface area contributed by atoms with Gasteiger partial charge >= 0.3 is 11.9 Å². The highest BCUT2D eigenvalue weighted by Gasteiger charge is 2.32. The highest BCUT2D eigenvalue weighted by molar-refractivity contribution is 5.89. The summed E-state index contributed by atoms with van der Waals surface area (Å²) in [5.41, 5.74) is 0. The molecule has 47 heavy (non-hydrogen) atoms. The molecule has 0 saturated carbocycles. The van der Waals surface area contributed by atoms with Gasteiger partial charge in [0.05, 0.1) is 6.61 Å². The molecule has 0 radical (unpaired) electrons. The smallest absolute Gasteiger partial charge is 0.347 e. The molecule has 0 bridgehead atoms. The predicted octanol–water partition coefficient (Wildman–Crippen LogP) is 11.9. The summed E-state index contributed by atoms with van der Waals surface area (Å²) < 4.78 is 11.2. The van der Waals surface area contributed by atoms with Crippen LogP contribution in [0.5, 0.6) is 0 Å². The third-order valence-corrected chi connectivity index (χ3v) is 9.86. The summed E-state index contributed by atoms with van der Waals surface area (Å²) in [6.45, 7) is 4.92. The van der Waals surface area contributed by atoms with Gasteiger partial charge in [-0.15, -0.1) is 0 Å². The Balaban J connectivity index is 2.12. The van der Waals surface area contributed by atoms with Crippen LogP contribution in [0.4, 0.5) is 0 Å². The van der Waals surface area contributed by atoms with E-state index in [1.165, 1.54) is 161 Å². The van der Waals surface area contributed by atoms with Crippen LogP contribution in [0.25, 0.3) is 0 Å². The normalized spacial score (nSPS) is 15.1. The van der Waals surface area contributed by atoms with E-state index in [2.05, 4.69) is 19.2 Å². The number of ether oxygens (including phenoxy) is 2. The molecule has 0 aromatic rings. The van der Waals surface area contributed by atoms with E-state index in [0.29, 0.717) is 25.9 Å². The Morgan fingerprint density at radius 1 is 0.574 bits per heavy atom. The van der Waals surface area contributed by atoms with Gasteiger partial charge in [0, 0.05) is 6.42 Å². The lowest BCUT2D eigenvalue weighted by Crippen LogP contribution is -2.39. The average molecular weight is 664 g/mol. The number of unbranched alkanes of at least 4 members (excludes halogenated alkanes) is 28. The second kappa shape index (κ2) is 32.9. The summed E-state index contributed by atoms with van der Waals surface area (Å²) in [7, 11) is 0. The van der Waals surface area contributed by atoms with E-state index in [-0.39, 0.29) is 5.91 Å². The molecule has 1 heterocycles. The molecule has 276 valence electrons. The Kier molecular flexibility index (Phi) is 30.4. The molecule has 1 aliphatic heterocycles. The second-order valence-corrected chi connectivity index (χ2v) is 14.4. The number of carbonyl (C=O) groups excluding carboxylic acids is 3. The predicted molar refractivity (Wildman–Crippen MR) is 196 cm³/mol. The fourth-order valence-electron chi connectivity index (χ4n) is 6.68. The Morgan fingerprint density at radius 2 is 0.936 bits per heavy atom. The van der Waals surface area contributed by atoms with Crippen LogP contribution in [0.15, 0.2) is 0 Å². The summed E-state index contributed by atoms with van der Waals surface area (Å²) in [4.78, 5) is 37.1. The summed E-state index contributed by atoms with van der Waals surface area (Å²) >= 11 is 0. The molecule has 6 heteroatoms. The Labute approximate surface area is 291 Å². The van der Waals surface area contributed by atoms with E-state index in [9.17, 15) is 14.4 Å². The van der Waals surface area contributed by atoms with Crippen molar-refractivity contribution in [2.24, 2.45) is 0 Å². The van der Waals surface area contributed by atoms with Gasteiger partial charge in [-0.25, -0.2) is 9.59 Å². The molecular formula is C41H77NO5. The van der Waals surface area contributed by atoms with Gasteiger partial charge < -0.3 is 14.8 Å². The van der Waals surface area contributed by atoms with Crippen molar-refractivity contribution < 1.29 is 23.9 Å². The van der Waals surface area contributed by atoms with Gasteiger partial charge in [-0.1, -0.05) is 194 Å². The third kappa shape index (κ3) is 27.0. The highest BCUT2D eigenvalue weighted by atomic mass is 16.6. The molecule has 1 saturated heterocycles. The zero-order chi connectivity index (χ0) is 34.0. The molecule has 0 spiro atoms. The van der Waals surface area contributed by atoms with Crippen molar-refractivity contribution in [2.75, 3.05) is 6.61 Å². The van der Waals surface area contributed by atoms with Crippen LogP contribution in [0.2, 0.25) is 0 Å². The first-order valence-electron chi connectivity index (χ1n) is 20.7. The standard InChI is InChI=1S/C41H77NO5/c1-3-5-7-9-11-13-15-17-19-20-22-24-26-28-30-32-36-46-41(45)38(47-40(44)37-34-35-39(43)42-37)33-31-29-27-25-23-21-18-16-14-12-10-8-6-4-2/h37-38H,3-36H2,1-2H3,(H,42,43)/t37-,38?/m0/s1. The van der Waals surface area contributed by atoms with Crippen molar-refractivity contribution in [3.8, 4) is 0 Å². The monoisotopic (exact) mass is 664 g/mol. The van der Waals surface area contributed by atoms with Crippen LogP contribution < -0.4 is 5.32 Å². The first-order chi connectivity index (χ1) is 23.1. The van der Waals surface area contributed by atoms with E-state index < -0.39 is 24.1 Å². The molecule has 1 fully saturated rings. The zero-order valence-electron chi connectivity index (χ0n) is 31.2. The molecule has 6 nitrogen and oxygen atoms in total. The summed E-state index contributed by atoms with van der Waals surface area (Å²) in [5.74, 6) is -1.08. The molecule has 1 rings (SSSR count). The van der Waals surface area contributed by atoms with Gasteiger partial charge in [-0.2, -0.15) is 0 Å². The first-order valence-corrected chi connectivity index (χ1v) is 20.7. The van der Waals surface area contributed by atoms with Gasteiger partial charge in [0.15, 0.2) is 6.10 Å². The summed E-state index contributed by atoms with van der Waals surface area (Å²) in [5, 5.41) is 2.66. The largest absolute Gasteiger partial charge is 0.463 e. The van der Waals surface area contributed by atoms with Crippen LogP contribution in [0.3, 0.4) is 0 Å². The minimum atomic E-state index is -0.876. The van der Waals surface area contributed by atoms with E-state index in [1.54, 1.807) is 0 Å². The van der Waals surface area contributed by atoms with Gasteiger partial charge in [-0.05, 0) is 25.7 Å². The lowest BCUT2D eigenvalue weighted by molar-refractivity contribution is -0.169. The number of amides is 1. The van der Waals surface area contributed by atoms with Crippen LogP contribution in [-0.4, -0.2) is 36.6 Å². The Morgan fingerprint density at radius 3 is 1.30 bits per heavy atom. The summed E-state index contributed by atoms with van der Waals surface area (Å²) in [6.07, 6.45) is 39.0. The molecule has 0 aromatic heterocycles. The SMILES string of the molecule is CCCCCCCCCCCCCCCCCCOC(=O)C(CCCCCCCCCCCCCCCC)OC(=O)[C@@H]1CCC(=O)N1. The second-order valence-electron chi connectivity index (χ2n) is 14.4. The van der Waals surface area contributed by atoms with Gasteiger partial charge in [0.25, 0.3) is 0 Å². The number of hydrogen-bond acceptors (Lipinski definition) is 5. The maximum atomic E-state index is 12.9. The van der Waals surface area contributed by atoms with Gasteiger partial charge in [-0.3, -0.25) is 4.79 Å². The zero-order valence-corrected chi connectivity index (χ0v) is 31.2. The molecule has 1 aliphatic rings. The lowest BCUT2D eigenvalue weighted by atomic mass is 10.0. The number of carbonyl (C=O) groups is 3. The third-order valence-electron chi connectivity index (χ3n) is 9.86. The molecule has 0 aliphatic carbocycles. The fraction of sp³-hybridized carbons (Fsp3) is 0.927. The maximum Gasteiger partial charge on any atom is 0.347 e. The minimum absolute atomic E-state index is 0.137. The van der Waals surface area contributed by atoms with Crippen molar-refractivity contribution in [2.45, 2.75) is 238 Å². The van der Waals surface area contributed by atoms with Crippen LogP contribution in [0.1, 0.15) is 226 Å². The quantitative estimate of drug-likeness (QED) is 0.0539. The van der Waals surface area contributed by atoms with Crippen molar-refractivity contribution >= 4 is 17.8 Å². The van der Waals surface area contributed by atoms with E-state index >= 15 is 0 Å². The molecule has 1 amide bonds. The summed E-state index contributed by atoms with van der Waals surface area (Å²) in [6, 6.07) is -0.644. The van der Waals surface area contributed by atoms with Crippen molar-refractivity contribution in [3.63, 3.8) is 0 Å². The molecule has 2 atom stereocenters. The molecule has 0 aromatic carbocycles. The number of rotatable bonds is 35. The number of hydrogen-bond donors (Lipinski definition) is 1. The lowest BCUT2D eigenvalue weighted by Gasteiger charge is -2.19. The van der Waals surface area contributed by atoms with Crippen molar-refractivity contribution in [1.82, 2.24) is 5.32 Å².